The topological polar surface area (TPSA) is 69.4 Å². The summed E-state index contributed by atoms with van der Waals surface area (Å²) in [4.78, 5) is 0.180. The Labute approximate surface area is 119 Å². The van der Waals surface area contributed by atoms with Gasteiger partial charge in [-0.1, -0.05) is 25.4 Å². The number of nitrogens with two attached hydrogens (primary N) is 1. The highest BCUT2D eigenvalue weighted by Gasteiger charge is 2.15. The first kappa shape index (κ1) is 16.3. The quantitative estimate of drug-likeness (QED) is 0.621. The molecule has 1 aromatic carbocycles. The van der Waals surface area contributed by atoms with Gasteiger partial charge in [-0.3, -0.25) is 0 Å². The van der Waals surface area contributed by atoms with Crippen LogP contribution in [0.15, 0.2) is 23.1 Å². The molecule has 0 saturated heterocycles. The van der Waals surface area contributed by atoms with Crippen LogP contribution in [0.1, 0.15) is 20.3 Å². The number of halogens is 1. The molecule has 4 nitrogen and oxygen atoms in total. The van der Waals surface area contributed by atoms with Crippen molar-refractivity contribution in [3.05, 3.63) is 23.2 Å². The molecule has 0 heterocycles. The average Bonchev–Trinajstić information content (AvgIpc) is 2.31. The second-order valence-electron chi connectivity index (χ2n) is 4.80. The summed E-state index contributed by atoms with van der Waals surface area (Å²) >= 11 is 5.82. The summed E-state index contributed by atoms with van der Waals surface area (Å²) in [5.41, 5.74) is 5.92. The first-order chi connectivity index (χ1) is 8.83. The Morgan fingerprint density at radius 2 is 2.00 bits per heavy atom. The van der Waals surface area contributed by atoms with Gasteiger partial charge in [0.1, 0.15) is 0 Å². The van der Waals surface area contributed by atoms with Gasteiger partial charge in [0.05, 0.1) is 28.0 Å². The molecule has 1 aromatic rings. The molecule has 0 radical (unpaired) electrons. The van der Waals surface area contributed by atoms with Crippen molar-refractivity contribution in [1.29, 1.82) is 0 Å². The van der Waals surface area contributed by atoms with Crippen molar-refractivity contribution in [2.75, 3.05) is 24.7 Å². The van der Waals surface area contributed by atoms with E-state index in [1.165, 1.54) is 18.2 Å². The molecule has 2 N–H and O–H groups in total. The third kappa shape index (κ3) is 5.38. The Hall–Kier alpha value is -0.780. The van der Waals surface area contributed by atoms with Gasteiger partial charge in [0.25, 0.3) is 0 Å². The fourth-order valence-electron chi connectivity index (χ4n) is 1.41. The van der Waals surface area contributed by atoms with Crippen molar-refractivity contribution < 1.29 is 13.2 Å². The predicted molar refractivity (Wildman–Crippen MR) is 78.2 cm³/mol. The third-order valence-electron chi connectivity index (χ3n) is 2.67. The number of anilines is 1. The van der Waals surface area contributed by atoms with E-state index in [2.05, 4.69) is 13.8 Å². The molecule has 0 aromatic heterocycles. The Bertz CT molecular complexity index is 515. The standard InChI is InChI=1S/C13H20ClNO3S/c1-10(2)5-6-18-7-8-19(16,17)11-3-4-13(15)12(14)9-11/h3-4,9-10H,5-8,15H2,1-2H3. The van der Waals surface area contributed by atoms with Gasteiger partial charge in [-0.25, -0.2) is 8.42 Å². The van der Waals surface area contributed by atoms with Crippen LogP contribution in [-0.2, 0) is 14.6 Å². The van der Waals surface area contributed by atoms with Gasteiger partial charge in [-0.2, -0.15) is 0 Å². The number of hydrogen-bond acceptors (Lipinski definition) is 4. The molecule has 0 bridgehead atoms. The zero-order valence-electron chi connectivity index (χ0n) is 11.2. The summed E-state index contributed by atoms with van der Waals surface area (Å²) in [5, 5.41) is 0.252. The zero-order valence-corrected chi connectivity index (χ0v) is 12.8. The van der Waals surface area contributed by atoms with Crippen LogP contribution in [0.2, 0.25) is 5.02 Å². The average molecular weight is 306 g/mol. The van der Waals surface area contributed by atoms with Gasteiger partial charge in [0.15, 0.2) is 9.84 Å². The van der Waals surface area contributed by atoms with Crippen LogP contribution < -0.4 is 5.73 Å². The van der Waals surface area contributed by atoms with Gasteiger partial charge in [0, 0.05) is 6.61 Å². The normalized spacial score (nSPS) is 12.0. The molecule has 0 aliphatic rings. The maximum Gasteiger partial charge on any atom is 0.180 e. The highest BCUT2D eigenvalue weighted by molar-refractivity contribution is 7.91. The van der Waals surface area contributed by atoms with Gasteiger partial charge in [0.2, 0.25) is 0 Å². The van der Waals surface area contributed by atoms with Crippen molar-refractivity contribution in [2.45, 2.75) is 25.2 Å². The second-order valence-corrected chi connectivity index (χ2v) is 7.31. The lowest BCUT2D eigenvalue weighted by atomic mass is 10.1. The van der Waals surface area contributed by atoms with Gasteiger partial charge < -0.3 is 10.5 Å². The summed E-state index contributed by atoms with van der Waals surface area (Å²) in [6.07, 6.45) is 0.924. The SMILES string of the molecule is CC(C)CCOCCS(=O)(=O)c1ccc(N)c(Cl)c1. The molecule has 0 amide bonds. The molecule has 108 valence electrons. The molecular formula is C13H20ClNO3S. The molecule has 0 spiro atoms. The van der Waals surface area contributed by atoms with Crippen LogP contribution in [-0.4, -0.2) is 27.4 Å². The maximum absolute atomic E-state index is 12.0. The molecular weight excluding hydrogens is 286 g/mol. The molecule has 0 unspecified atom stereocenters. The minimum Gasteiger partial charge on any atom is -0.398 e. The minimum absolute atomic E-state index is 0.0503. The number of nitrogen functional groups attached to an aromatic ring is 1. The lowest BCUT2D eigenvalue weighted by molar-refractivity contribution is 0.137. The number of hydrogen-bond donors (Lipinski definition) is 1. The van der Waals surface area contributed by atoms with E-state index in [4.69, 9.17) is 22.1 Å². The van der Waals surface area contributed by atoms with Crippen LogP contribution in [0.25, 0.3) is 0 Å². The van der Waals surface area contributed by atoms with E-state index in [0.717, 1.165) is 6.42 Å². The van der Waals surface area contributed by atoms with E-state index < -0.39 is 9.84 Å². The molecule has 0 saturated carbocycles. The minimum atomic E-state index is -3.37. The van der Waals surface area contributed by atoms with Crippen molar-refractivity contribution in [2.24, 2.45) is 5.92 Å². The van der Waals surface area contributed by atoms with Crippen molar-refractivity contribution >= 4 is 27.1 Å². The Kier molecular flexibility index (Phi) is 6.10. The monoisotopic (exact) mass is 305 g/mol. The Balaban J connectivity index is 2.54. The van der Waals surface area contributed by atoms with E-state index in [1.54, 1.807) is 0 Å². The smallest absolute Gasteiger partial charge is 0.180 e. The maximum atomic E-state index is 12.0. The van der Waals surface area contributed by atoms with Crippen LogP contribution in [0, 0.1) is 5.92 Å². The van der Waals surface area contributed by atoms with E-state index in [-0.39, 0.29) is 22.3 Å². The summed E-state index contributed by atoms with van der Waals surface area (Å²) in [5.74, 6) is 0.498. The van der Waals surface area contributed by atoms with Gasteiger partial charge in [-0.05, 0) is 30.5 Å². The third-order valence-corrected chi connectivity index (χ3v) is 4.67. The van der Waals surface area contributed by atoms with Gasteiger partial charge in [-0.15, -0.1) is 0 Å². The summed E-state index contributed by atoms with van der Waals surface area (Å²) < 4.78 is 29.3. The van der Waals surface area contributed by atoms with Crippen LogP contribution in [0.5, 0.6) is 0 Å². The van der Waals surface area contributed by atoms with Crippen molar-refractivity contribution in [3.8, 4) is 0 Å². The lowest BCUT2D eigenvalue weighted by Crippen LogP contribution is -2.13. The lowest BCUT2D eigenvalue weighted by Gasteiger charge is -2.08. The van der Waals surface area contributed by atoms with E-state index in [0.29, 0.717) is 18.2 Å². The molecule has 0 aliphatic heterocycles. The van der Waals surface area contributed by atoms with E-state index in [9.17, 15) is 8.42 Å². The van der Waals surface area contributed by atoms with Gasteiger partial charge >= 0.3 is 0 Å². The first-order valence-corrected chi connectivity index (χ1v) is 8.21. The highest BCUT2D eigenvalue weighted by atomic mass is 35.5. The fourth-order valence-corrected chi connectivity index (χ4v) is 2.80. The largest absolute Gasteiger partial charge is 0.398 e. The predicted octanol–water partition coefficient (Wildman–Crippen LogP) is 2.76. The summed E-state index contributed by atoms with van der Waals surface area (Å²) in [6, 6.07) is 4.33. The highest BCUT2D eigenvalue weighted by Crippen LogP contribution is 2.23. The van der Waals surface area contributed by atoms with Crippen molar-refractivity contribution in [1.82, 2.24) is 0 Å². The zero-order chi connectivity index (χ0) is 14.5. The molecule has 6 heteroatoms. The molecule has 19 heavy (non-hydrogen) atoms. The molecule has 0 atom stereocenters. The molecule has 1 rings (SSSR count). The summed E-state index contributed by atoms with van der Waals surface area (Å²) in [6.45, 7) is 4.96. The van der Waals surface area contributed by atoms with E-state index >= 15 is 0 Å². The number of sulfone groups is 1. The summed E-state index contributed by atoms with van der Waals surface area (Å²) in [7, 11) is -3.37. The Morgan fingerprint density at radius 1 is 1.32 bits per heavy atom. The fraction of sp³-hybridized carbons (Fsp3) is 0.538. The second kappa shape index (κ2) is 7.12. The Morgan fingerprint density at radius 3 is 2.58 bits per heavy atom. The van der Waals surface area contributed by atoms with E-state index in [1.807, 2.05) is 0 Å². The molecule has 0 aliphatic carbocycles. The van der Waals surface area contributed by atoms with Crippen LogP contribution in [0.4, 0.5) is 5.69 Å². The van der Waals surface area contributed by atoms with Crippen molar-refractivity contribution in [3.63, 3.8) is 0 Å². The first-order valence-electron chi connectivity index (χ1n) is 6.18. The number of rotatable bonds is 7. The van der Waals surface area contributed by atoms with Crippen LogP contribution in [0.3, 0.4) is 0 Å². The van der Waals surface area contributed by atoms with Crippen LogP contribution >= 0.6 is 11.6 Å². The number of benzene rings is 1. The molecule has 0 fully saturated rings. The number of ether oxygens (including phenoxy) is 1.